The minimum absolute atomic E-state index is 0.165. The van der Waals surface area contributed by atoms with Crippen molar-refractivity contribution in [1.29, 1.82) is 0 Å². The molecule has 1 aliphatic heterocycles. The van der Waals surface area contributed by atoms with E-state index in [0.29, 0.717) is 19.1 Å². The first-order chi connectivity index (χ1) is 8.19. The second kappa shape index (κ2) is 5.76. The number of Topliss-reactive ketones (excluding diaryl/α,β-unsaturated/α-hetero) is 1. The zero-order valence-corrected chi connectivity index (χ0v) is 11.2. The van der Waals surface area contributed by atoms with E-state index in [1.54, 1.807) is 11.3 Å². The van der Waals surface area contributed by atoms with Crippen molar-refractivity contribution in [3.05, 3.63) is 21.9 Å². The van der Waals surface area contributed by atoms with E-state index in [9.17, 15) is 4.79 Å². The lowest BCUT2D eigenvalue weighted by Crippen LogP contribution is -2.48. The van der Waals surface area contributed by atoms with Crippen LogP contribution in [-0.2, 0) is 11.2 Å². The molecule has 1 fully saturated rings. The largest absolute Gasteiger partial charge is 0.378 e. The Kier molecular flexibility index (Phi) is 4.31. The summed E-state index contributed by atoms with van der Waals surface area (Å²) in [6, 6.07) is 4.50. The van der Waals surface area contributed by atoms with Gasteiger partial charge in [0, 0.05) is 23.4 Å². The molecule has 0 radical (unpaired) electrons. The molecule has 4 heteroatoms. The lowest BCUT2D eigenvalue weighted by molar-refractivity contribution is 0.0464. The molecule has 0 aromatic carbocycles. The van der Waals surface area contributed by atoms with Gasteiger partial charge in [-0.05, 0) is 25.5 Å². The van der Waals surface area contributed by atoms with Crippen LogP contribution in [-0.4, -0.2) is 31.1 Å². The third-order valence-electron chi connectivity index (χ3n) is 2.92. The van der Waals surface area contributed by atoms with Gasteiger partial charge in [-0.2, -0.15) is 0 Å². The van der Waals surface area contributed by atoms with Crippen LogP contribution in [0, 0.1) is 0 Å². The number of hydrogen-bond donors (Lipinski definition) is 1. The Morgan fingerprint density at radius 1 is 1.53 bits per heavy atom. The van der Waals surface area contributed by atoms with Crippen LogP contribution in [0.1, 0.15) is 34.8 Å². The first kappa shape index (κ1) is 12.7. The van der Waals surface area contributed by atoms with Crippen molar-refractivity contribution in [2.45, 2.75) is 38.8 Å². The summed E-state index contributed by atoms with van der Waals surface area (Å²) < 4.78 is 5.45. The van der Waals surface area contributed by atoms with Gasteiger partial charge < -0.3 is 10.1 Å². The second-order valence-electron chi connectivity index (χ2n) is 4.55. The molecule has 94 valence electrons. The van der Waals surface area contributed by atoms with Gasteiger partial charge >= 0.3 is 0 Å². The van der Waals surface area contributed by atoms with Crippen molar-refractivity contribution >= 4 is 17.1 Å². The summed E-state index contributed by atoms with van der Waals surface area (Å²) in [7, 11) is 0. The Labute approximate surface area is 106 Å². The molecule has 0 spiro atoms. The molecule has 17 heavy (non-hydrogen) atoms. The molecule has 2 heterocycles. The number of hydrogen-bond acceptors (Lipinski definition) is 4. The zero-order valence-electron chi connectivity index (χ0n) is 10.4. The van der Waals surface area contributed by atoms with E-state index >= 15 is 0 Å². The third-order valence-corrected chi connectivity index (χ3v) is 4.19. The Morgan fingerprint density at radius 2 is 2.35 bits per heavy atom. The van der Waals surface area contributed by atoms with E-state index in [1.807, 2.05) is 12.1 Å². The molecule has 1 aromatic rings. The highest BCUT2D eigenvalue weighted by Gasteiger charge is 2.22. The van der Waals surface area contributed by atoms with Crippen LogP contribution in [0.5, 0.6) is 0 Å². The molecule has 0 bridgehead atoms. The number of rotatable bonds is 4. The lowest BCUT2D eigenvalue weighted by Gasteiger charge is -2.28. The average Bonchev–Trinajstić information content (AvgIpc) is 2.77. The summed E-state index contributed by atoms with van der Waals surface area (Å²) in [4.78, 5) is 14.2. The van der Waals surface area contributed by atoms with Crippen molar-refractivity contribution < 1.29 is 9.53 Å². The van der Waals surface area contributed by atoms with Crippen molar-refractivity contribution in [1.82, 2.24) is 5.32 Å². The standard InChI is InChI=1S/C13H19NO2S/c1-3-11-4-5-13(17-11)12(15)6-10-8-16-7-9(2)14-10/h4-5,9-10,14H,3,6-8H2,1-2H3. The van der Waals surface area contributed by atoms with Crippen molar-refractivity contribution in [3.8, 4) is 0 Å². The maximum atomic E-state index is 12.1. The number of ether oxygens (including phenoxy) is 1. The highest BCUT2D eigenvalue weighted by molar-refractivity contribution is 7.14. The Hall–Kier alpha value is -0.710. The van der Waals surface area contributed by atoms with E-state index in [4.69, 9.17) is 4.74 Å². The minimum Gasteiger partial charge on any atom is -0.378 e. The summed E-state index contributed by atoms with van der Waals surface area (Å²) in [5.74, 6) is 0.227. The first-order valence-electron chi connectivity index (χ1n) is 6.14. The fraction of sp³-hybridized carbons (Fsp3) is 0.615. The molecular weight excluding hydrogens is 234 g/mol. The molecule has 0 amide bonds. The molecule has 1 aliphatic rings. The Balaban J connectivity index is 1.92. The van der Waals surface area contributed by atoms with Gasteiger partial charge in [0.1, 0.15) is 0 Å². The van der Waals surface area contributed by atoms with Gasteiger partial charge in [0.25, 0.3) is 0 Å². The summed E-state index contributed by atoms with van der Waals surface area (Å²) >= 11 is 1.61. The van der Waals surface area contributed by atoms with E-state index < -0.39 is 0 Å². The molecule has 3 nitrogen and oxygen atoms in total. The van der Waals surface area contributed by atoms with Crippen LogP contribution < -0.4 is 5.32 Å². The van der Waals surface area contributed by atoms with Crippen molar-refractivity contribution in [3.63, 3.8) is 0 Å². The summed E-state index contributed by atoms with van der Waals surface area (Å²) in [6.45, 7) is 5.57. The number of thiophene rings is 1. The van der Waals surface area contributed by atoms with Crippen LogP contribution in [0.4, 0.5) is 0 Å². The van der Waals surface area contributed by atoms with Gasteiger partial charge in [-0.1, -0.05) is 6.92 Å². The fourth-order valence-electron chi connectivity index (χ4n) is 2.05. The quantitative estimate of drug-likeness (QED) is 0.837. The van der Waals surface area contributed by atoms with Gasteiger partial charge in [0.2, 0.25) is 0 Å². The Morgan fingerprint density at radius 3 is 3.00 bits per heavy atom. The summed E-state index contributed by atoms with van der Waals surface area (Å²) in [5, 5.41) is 3.40. The molecule has 2 atom stereocenters. The van der Waals surface area contributed by atoms with Crippen LogP contribution in [0.25, 0.3) is 0 Å². The molecule has 1 N–H and O–H groups in total. The molecular formula is C13H19NO2S. The maximum absolute atomic E-state index is 12.1. The van der Waals surface area contributed by atoms with Crippen LogP contribution in [0.2, 0.25) is 0 Å². The van der Waals surface area contributed by atoms with Gasteiger partial charge in [0.05, 0.1) is 18.1 Å². The van der Waals surface area contributed by atoms with Gasteiger partial charge in [-0.15, -0.1) is 11.3 Å². The number of ketones is 1. The second-order valence-corrected chi connectivity index (χ2v) is 5.72. The summed E-state index contributed by atoms with van der Waals surface area (Å²) in [5.41, 5.74) is 0. The molecule has 2 rings (SSSR count). The highest BCUT2D eigenvalue weighted by Crippen LogP contribution is 2.19. The topological polar surface area (TPSA) is 38.3 Å². The molecule has 0 aliphatic carbocycles. The maximum Gasteiger partial charge on any atom is 0.174 e. The molecule has 2 unspecified atom stereocenters. The summed E-state index contributed by atoms with van der Waals surface area (Å²) in [6.07, 6.45) is 1.54. The monoisotopic (exact) mass is 253 g/mol. The van der Waals surface area contributed by atoms with Gasteiger partial charge in [0.15, 0.2) is 5.78 Å². The fourth-order valence-corrected chi connectivity index (χ4v) is 2.94. The van der Waals surface area contributed by atoms with E-state index in [1.165, 1.54) is 4.88 Å². The SMILES string of the molecule is CCc1ccc(C(=O)CC2COCC(C)N2)s1. The number of morpholine rings is 1. The van der Waals surface area contributed by atoms with Crippen LogP contribution in [0.15, 0.2) is 12.1 Å². The molecule has 1 aromatic heterocycles. The van der Waals surface area contributed by atoms with Gasteiger partial charge in [-0.3, -0.25) is 4.79 Å². The molecule has 1 saturated heterocycles. The van der Waals surface area contributed by atoms with E-state index in [0.717, 1.165) is 17.9 Å². The van der Waals surface area contributed by atoms with Crippen LogP contribution in [0.3, 0.4) is 0 Å². The number of carbonyl (C=O) groups is 1. The van der Waals surface area contributed by atoms with Crippen molar-refractivity contribution in [2.24, 2.45) is 0 Å². The third kappa shape index (κ3) is 3.37. The molecule has 0 saturated carbocycles. The number of carbonyl (C=O) groups excluding carboxylic acids is 1. The number of aryl methyl sites for hydroxylation is 1. The Bertz CT molecular complexity index is 389. The predicted octanol–water partition coefficient (Wildman–Crippen LogP) is 2.26. The van der Waals surface area contributed by atoms with Crippen LogP contribution >= 0.6 is 11.3 Å². The first-order valence-corrected chi connectivity index (χ1v) is 6.96. The smallest absolute Gasteiger partial charge is 0.174 e. The number of nitrogens with one attached hydrogen (secondary N) is 1. The zero-order chi connectivity index (χ0) is 12.3. The van der Waals surface area contributed by atoms with Gasteiger partial charge in [-0.25, -0.2) is 0 Å². The highest BCUT2D eigenvalue weighted by atomic mass is 32.1. The predicted molar refractivity (Wildman–Crippen MR) is 69.8 cm³/mol. The average molecular weight is 253 g/mol. The lowest BCUT2D eigenvalue weighted by atomic mass is 10.1. The normalized spacial score (nSPS) is 24.8. The van der Waals surface area contributed by atoms with E-state index in [2.05, 4.69) is 19.2 Å². The van der Waals surface area contributed by atoms with E-state index in [-0.39, 0.29) is 11.8 Å². The van der Waals surface area contributed by atoms with Crippen molar-refractivity contribution in [2.75, 3.05) is 13.2 Å². The minimum atomic E-state index is 0.165.